The maximum absolute atomic E-state index is 13.1. The molecule has 0 spiro atoms. The number of hydrogen-bond acceptors (Lipinski definition) is 2. The predicted molar refractivity (Wildman–Crippen MR) is 48.2 cm³/mol. The van der Waals surface area contributed by atoms with Gasteiger partial charge in [-0.15, -0.1) is 0 Å². The number of anilines is 1. The first kappa shape index (κ1) is 9.00. The van der Waals surface area contributed by atoms with Gasteiger partial charge in [0.1, 0.15) is 5.82 Å². The molecule has 0 amide bonds. The van der Waals surface area contributed by atoms with E-state index >= 15 is 0 Å². The summed E-state index contributed by atoms with van der Waals surface area (Å²) in [6, 6.07) is 4.65. The first-order chi connectivity index (χ1) is 5.59. The highest BCUT2D eigenvalue weighted by atomic mass is 19.1. The minimum absolute atomic E-state index is 0.0249. The van der Waals surface area contributed by atoms with Crippen molar-refractivity contribution < 1.29 is 4.39 Å². The second-order valence-electron chi connectivity index (χ2n) is 3.03. The second-order valence-corrected chi connectivity index (χ2v) is 3.03. The fourth-order valence-electron chi connectivity index (χ4n) is 1.08. The highest BCUT2D eigenvalue weighted by Crippen LogP contribution is 2.12. The summed E-state index contributed by atoms with van der Waals surface area (Å²) in [6.45, 7) is 1.84. The quantitative estimate of drug-likeness (QED) is 0.654. The third-order valence-corrected chi connectivity index (χ3v) is 1.62. The van der Waals surface area contributed by atoms with Crippen molar-refractivity contribution in [2.24, 2.45) is 5.73 Å². The zero-order valence-corrected chi connectivity index (χ0v) is 7.05. The first-order valence-electron chi connectivity index (χ1n) is 3.89. The summed E-state index contributed by atoms with van der Waals surface area (Å²) in [5, 5.41) is 0. The Morgan fingerprint density at radius 3 is 2.67 bits per heavy atom. The molecule has 0 saturated carbocycles. The molecule has 3 heteroatoms. The van der Waals surface area contributed by atoms with Crippen LogP contribution in [0.15, 0.2) is 18.2 Å². The lowest BCUT2D eigenvalue weighted by Gasteiger charge is -2.06. The average Bonchev–Trinajstić information content (AvgIpc) is 1.94. The second kappa shape index (κ2) is 3.54. The topological polar surface area (TPSA) is 52.0 Å². The van der Waals surface area contributed by atoms with Crippen molar-refractivity contribution >= 4 is 5.69 Å². The molecule has 0 aliphatic heterocycles. The Morgan fingerprint density at radius 2 is 2.17 bits per heavy atom. The van der Waals surface area contributed by atoms with Crippen LogP contribution in [0, 0.1) is 5.82 Å². The van der Waals surface area contributed by atoms with E-state index in [1.165, 1.54) is 6.07 Å². The maximum atomic E-state index is 13.1. The Morgan fingerprint density at radius 1 is 1.50 bits per heavy atom. The maximum Gasteiger partial charge on any atom is 0.128 e. The van der Waals surface area contributed by atoms with Crippen LogP contribution in [0.3, 0.4) is 0 Å². The van der Waals surface area contributed by atoms with E-state index in [2.05, 4.69) is 0 Å². The molecule has 1 aromatic rings. The molecule has 1 aromatic carbocycles. The molecule has 0 aliphatic rings. The Balaban J connectivity index is 2.86. The highest BCUT2D eigenvalue weighted by molar-refractivity contribution is 5.40. The van der Waals surface area contributed by atoms with E-state index in [9.17, 15) is 4.39 Å². The van der Waals surface area contributed by atoms with Gasteiger partial charge in [-0.25, -0.2) is 4.39 Å². The third kappa shape index (κ3) is 2.20. The molecule has 0 heterocycles. The van der Waals surface area contributed by atoms with Crippen molar-refractivity contribution in [2.45, 2.75) is 19.4 Å². The normalized spacial score (nSPS) is 12.9. The summed E-state index contributed by atoms with van der Waals surface area (Å²) in [6.07, 6.45) is 0.548. The van der Waals surface area contributed by atoms with Crippen LogP contribution in [-0.2, 0) is 6.42 Å². The smallest absolute Gasteiger partial charge is 0.128 e. The van der Waals surface area contributed by atoms with Crippen LogP contribution >= 0.6 is 0 Å². The molecule has 1 atom stereocenters. The van der Waals surface area contributed by atoms with Crippen molar-refractivity contribution in [1.29, 1.82) is 0 Å². The van der Waals surface area contributed by atoms with Gasteiger partial charge in [0.2, 0.25) is 0 Å². The number of halogens is 1. The van der Waals surface area contributed by atoms with Gasteiger partial charge in [0.15, 0.2) is 0 Å². The van der Waals surface area contributed by atoms with E-state index in [-0.39, 0.29) is 11.9 Å². The summed E-state index contributed by atoms with van der Waals surface area (Å²) >= 11 is 0. The third-order valence-electron chi connectivity index (χ3n) is 1.62. The zero-order chi connectivity index (χ0) is 9.14. The summed E-state index contributed by atoms with van der Waals surface area (Å²) in [4.78, 5) is 0. The van der Waals surface area contributed by atoms with Crippen molar-refractivity contribution in [1.82, 2.24) is 0 Å². The number of nitrogen functional groups attached to an aromatic ring is 1. The van der Waals surface area contributed by atoms with Gasteiger partial charge in [0, 0.05) is 11.7 Å². The monoisotopic (exact) mass is 168 g/mol. The van der Waals surface area contributed by atoms with Gasteiger partial charge in [-0.1, -0.05) is 6.07 Å². The van der Waals surface area contributed by atoms with Gasteiger partial charge in [0.25, 0.3) is 0 Å². The molecule has 0 saturated heterocycles. The lowest BCUT2D eigenvalue weighted by molar-refractivity contribution is 0.597. The fourth-order valence-corrected chi connectivity index (χ4v) is 1.08. The van der Waals surface area contributed by atoms with Crippen molar-refractivity contribution in [3.05, 3.63) is 29.6 Å². The van der Waals surface area contributed by atoms with E-state index in [0.717, 1.165) is 0 Å². The van der Waals surface area contributed by atoms with E-state index in [0.29, 0.717) is 17.7 Å². The van der Waals surface area contributed by atoms with Crippen molar-refractivity contribution in [2.75, 3.05) is 5.73 Å². The van der Waals surface area contributed by atoms with Crippen LogP contribution in [-0.4, -0.2) is 6.04 Å². The molecule has 0 aromatic heterocycles. The first-order valence-corrected chi connectivity index (χ1v) is 3.89. The van der Waals surface area contributed by atoms with Crippen LogP contribution < -0.4 is 11.5 Å². The number of hydrogen-bond donors (Lipinski definition) is 2. The summed E-state index contributed by atoms with van der Waals surface area (Å²) in [5.41, 5.74) is 12.0. The number of benzene rings is 1. The largest absolute Gasteiger partial charge is 0.399 e. The van der Waals surface area contributed by atoms with Crippen LogP contribution in [0.2, 0.25) is 0 Å². The minimum Gasteiger partial charge on any atom is -0.399 e. The zero-order valence-electron chi connectivity index (χ0n) is 7.05. The lowest BCUT2D eigenvalue weighted by atomic mass is 10.1. The Labute approximate surface area is 71.4 Å². The van der Waals surface area contributed by atoms with Gasteiger partial charge in [-0.2, -0.15) is 0 Å². The van der Waals surface area contributed by atoms with Crippen LogP contribution in [0.1, 0.15) is 12.5 Å². The van der Waals surface area contributed by atoms with Crippen molar-refractivity contribution in [3.63, 3.8) is 0 Å². The van der Waals surface area contributed by atoms with Gasteiger partial charge in [-0.3, -0.25) is 0 Å². The Kier molecular flexibility index (Phi) is 2.65. The molecule has 0 radical (unpaired) electrons. The number of rotatable bonds is 2. The van der Waals surface area contributed by atoms with Crippen LogP contribution in [0.5, 0.6) is 0 Å². The molecule has 0 unspecified atom stereocenters. The molecule has 12 heavy (non-hydrogen) atoms. The SMILES string of the molecule is C[C@H](N)Cc1ccc(N)cc1F. The Bertz CT molecular complexity index is 271. The molecular formula is C9H13FN2. The van der Waals surface area contributed by atoms with Gasteiger partial charge in [0.05, 0.1) is 0 Å². The van der Waals surface area contributed by atoms with Crippen molar-refractivity contribution in [3.8, 4) is 0 Å². The molecule has 1 rings (SSSR count). The molecule has 66 valence electrons. The van der Waals surface area contributed by atoms with Gasteiger partial charge in [-0.05, 0) is 31.0 Å². The summed E-state index contributed by atoms with van der Waals surface area (Å²) < 4.78 is 13.1. The van der Waals surface area contributed by atoms with E-state index in [1.807, 2.05) is 6.92 Å². The molecule has 0 aliphatic carbocycles. The molecule has 2 nitrogen and oxygen atoms in total. The minimum atomic E-state index is -0.271. The molecular weight excluding hydrogens is 155 g/mol. The van der Waals surface area contributed by atoms with E-state index in [1.54, 1.807) is 12.1 Å². The van der Waals surface area contributed by atoms with Gasteiger partial charge >= 0.3 is 0 Å². The van der Waals surface area contributed by atoms with Crippen LogP contribution in [0.25, 0.3) is 0 Å². The summed E-state index contributed by atoms with van der Waals surface area (Å²) in [5.74, 6) is -0.271. The molecule has 0 bridgehead atoms. The average molecular weight is 168 g/mol. The number of nitrogens with two attached hydrogens (primary N) is 2. The predicted octanol–water partition coefficient (Wildman–Crippen LogP) is 1.30. The Hall–Kier alpha value is -1.09. The van der Waals surface area contributed by atoms with E-state index in [4.69, 9.17) is 11.5 Å². The molecule has 4 N–H and O–H groups in total. The fraction of sp³-hybridized carbons (Fsp3) is 0.333. The summed E-state index contributed by atoms with van der Waals surface area (Å²) in [7, 11) is 0. The molecule has 0 fully saturated rings. The standard InChI is InChI=1S/C9H13FN2/c1-6(11)4-7-2-3-8(12)5-9(7)10/h2-3,5-6H,4,11-12H2,1H3/t6-/m0/s1. The van der Waals surface area contributed by atoms with E-state index < -0.39 is 0 Å². The highest BCUT2D eigenvalue weighted by Gasteiger charge is 2.04. The lowest BCUT2D eigenvalue weighted by Crippen LogP contribution is -2.18. The van der Waals surface area contributed by atoms with Crippen LogP contribution in [0.4, 0.5) is 10.1 Å². The van der Waals surface area contributed by atoms with Gasteiger partial charge < -0.3 is 11.5 Å².